The molecule has 2 aromatic rings. The SMILES string of the molecule is COc1ccc([N+](=O)[O-])c(Oc2cncc(N)n2)c1. The van der Waals surface area contributed by atoms with Crippen LogP contribution in [0.15, 0.2) is 30.6 Å². The number of hydrogen-bond acceptors (Lipinski definition) is 7. The topological polar surface area (TPSA) is 113 Å². The molecule has 2 N–H and O–H groups in total. The molecule has 0 aliphatic rings. The van der Waals surface area contributed by atoms with Crippen LogP contribution in [0.4, 0.5) is 11.5 Å². The molecular formula is C11H10N4O4. The van der Waals surface area contributed by atoms with E-state index in [4.69, 9.17) is 15.2 Å². The van der Waals surface area contributed by atoms with E-state index in [-0.39, 0.29) is 23.1 Å². The number of ether oxygens (including phenoxy) is 2. The van der Waals surface area contributed by atoms with Gasteiger partial charge in [-0.3, -0.25) is 15.1 Å². The summed E-state index contributed by atoms with van der Waals surface area (Å²) in [5.41, 5.74) is 5.25. The molecule has 0 unspecified atom stereocenters. The Morgan fingerprint density at radius 2 is 2.16 bits per heavy atom. The smallest absolute Gasteiger partial charge is 0.311 e. The number of methoxy groups -OCH3 is 1. The number of hydrogen-bond donors (Lipinski definition) is 1. The predicted molar refractivity (Wildman–Crippen MR) is 66.2 cm³/mol. The van der Waals surface area contributed by atoms with Crippen LogP contribution in [0.1, 0.15) is 0 Å². The first-order chi connectivity index (χ1) is 9.10. The summed E-state index contributed by atoms with van der Waals surface area (Å²) in [6.07, 6.45) is 2.65. The summed E-state index contributed by atoms with van der Waals surface area (Å²) in [5.74, 6) is 0.654. The fraction of sp³-hybridized carbons (Fsp3) is 0.0909. The monoisotopic (exact) mass is 262 g/mol. The van der Waals surface area contributed by atoms with Gasteiger partial charge in [-0.25, -0.2) is 0 Å². The van der Waals surface area contributed by atoms with Gasteiger partial charge in [0.25, 0.3) is 0 Å². The Hall–Kier alpha value is -2.90. The lowest BCUT2D eigenvalue weighted by Crippen LogP contribution is -1.98. The highest BCUT2D eigenvalue weighted by Gasteiger charge is 2.17. The number of nitrogens with two attached hydrogens (primary N) is 1. The van der Waals surface area contributed by atoms with Gasteiger partial charge in [-0.2, -0.15) is 4.98 Å². The molecule has 8 nitrogen and oxygen atoms in total. The first-order valence-electron chi connectivity index (χ1n) is 5.18. The van der Waals surface area contributed by atoms with E-state index in [2.05, 4.69) is 9.97 Å². The Bertz CT molecular complexity index is 617. The molecule has 0 atom stereocenters. The van der Waals surface area contributed by atoms with Crippen LogP contribution in [0, 0.1) is 10.1 Å². The Morgan fingerprint density at radius 1 is 1.37 bits per heavy atom. The van der Waals surface area contributed by atoms with Crippen LogP contribution in [0.3, 0.4) is 0 Å². The maximum atomic E-state index is 10.9. The van der Waals surface area contributed by atoms with E-state index in [1.165, 1.54) is 37.7 Å². The van der Waals surface area contributed by atoms with E-state index in [1.54, 1.807) is 0 Å². The number of aromatic nitrogens is 2. The van der Waals surface area contributed by atoms with Crippen LogP contribution in [-0.4, -0.2) is 22.0 Å². The van der Waals surface area contributed by atoms with Gasteiger partial charge < -0.3 is 15.2 Å². The summed E-state index contributed by atoms with van der Waals surface area (Å²) >= 11 is 0. The van der Waals surface area contributed by atoms with Gasteiger partial charge in [-0.05, 0) is 6.07 Å². The molecule has 98 valence electrons. The Labute approximate surface area is 108 Å². The zero-order valence-corrected chi connectivity index (χ0v) is 9.94. The summed E-state index contributed by atoms with van der Waals surface area (Å²) in [7, 11) is 1.45. The third kappa shape index (κ3) is 2.86. The molecule has 8 heteroatoms. The third-order valence-electron chi connectivity index (χ3n) is 2.21. The molecule has 2 rings (SSSR count). The van der Waals surface area contributed by atoms with Crippen molar-refractivity contribution in [3.8, 4) is 17.4 Å². The van der Waals surface area contributed by atoms with E-state index in [0.29, 0.717) is 5.75 Å². The van der Waals surface area contributed by atoms with E-state index in [0.717, 1.165) is 0 Å². The Kier molecular flexibility index (Phi) is 3.42. The zero-order chi connectivity index (χ0) is 13.8. The first kappa shape index (κ1) is 12.6. The number of nitro groups is 1. The number of benzene rings is 1. The molecular weight excluding hydrogens is 252 g/mol. The maximum Gasteiger partial charge on any atom is 0.311 e. The van der Waals surface area contributed by atoms with Crippen molar-refractivity contribution in [1.82, 2.24) is 9.97 Å². The summed E-state index contributed by atoms with van der Waals surface area (Å²) < 4.78 is 10.3. The standard InChI is InChI=1S/C11H10N4O4/c1-18-7-2-3-8(15(16)17)9(4-7)19-11-6-13-5-10(12)14-11/h2-6H,1H3,(H2,12,14). The van der Waals surface area contributed by atoms with Crippen LogP contribution >= 0.6 is 0 Å². The van der Waals surface area contributed by atoms with Crippen molar-refractivity contribution in [1.29, 1.82) is 0 Å². The van der Waals surface area contributed by atoms with Gasteiger partial charge in [0.1, 0.15) is 11.6 Å². The molecule has 0 radical (unpaired) electrons. The van der Waals surface area contributed by atoms with Crippen molar-refractivity contribution in [3.05, 3.63) is 40.7 Å². The molecule has 0 amide bonds. The highest BCUT2D eigenvalue weighted by molar-refractivity contribution is 5.51. The minimum Gasteiger partial charge on any atom is -0.497 e. The Morgan fingerprint density at radius 3 is 2.79 bits per heavy atom. The highest BCUT2D eigenvalue weighted by atomic mass is 16.6. The number of rotatable bonds is 4. The van der Waals surface area contributed by atoms with Gasteiger partial charge in [0.15, 0.2) is 0 Å². The quantitative estimate of drug-likeness (QED) is 0.659. The molecule has 0 saturated heterocycles. The van der Waals surface area contributed by atoms with E-state index < -0.39 is 4.92 Å². The van der Waals surface area contributed by atoms with Gasteiger partial charge in [0.2, 0.25) is 11.6 Å². The van der Waals surface area contributed by atoms with Gasteiger partial charge in [-0.1, -0.05) is 0 Å². The lowest BCUT2D eigenvalue weighted by Gasteiger charge is -2.07. The lowest BCUT2D eigenvalue weighted by atomic mass is 10.3. The largest absolute Gasteiger partial charge is 0.497 e. The maximum absolute atomic E-state index is 10.9. The van der Waals surface area contributed by atoms with Crippen molar-refractivity contribution in [2.24, 2.45) is 0 Å². The normalized spacial score (nSPS) is 9.95. The van der Waals surface area contributed by atoms with Crippen molar-refractivity contribution in [2.45, 2.75) is 0 Å². The van der Waals surface area contributed by atoms with Crippen molar-refractivity contribution in [3.63, 3.8) is 0 Å². The fourth-order valence-corrected chi connectivity index (χ4v) is 1.38. The van der Waals surface area contributed by atoms with Gasteiger partial charge >= 0.3 is 5.69 Å². The van der Waals surface area contributed by atoms with Crippen LogP contribution in [0.5, 0.6) is 17.4 Å². The molecule has 19 heavy (non-hydrogen) atoms. The van der Waals surface area contributed by atoms with Gasteiger partial charge in [-0.15, -0.1) is 0 Å². The minimum atomic E-state index is -0.561. The molecule has 0 aliphatic heterocycles. The second-order valence-corrected chi connectivity index (χ2v) is 3.48. The van der Waals surface area contributed by atoms with Crippen molar-refractivity contribution < 1.29 is 14.4 Å². The van der Waals surface area contributed by atoms with Crippen LogP contribution in [0.2, 0.25) is 0 Å². The highest BCUT2D eigenvalue weighted by Crippen LogP contribution is 2.33. The third-order valence-corrected chi connectivity index (χ3v) is 2.21. The molecule has 1 aromatic carbocycles. The van der Waals surface area contributed by atoms with Crippen LogP contribution in [0.25, 0.3) is 0 Å². The van der Waals surface area contributed by atoms with Gasteiger partial charge in [0, 0.05) is 12.1 Å². The lowest BCUT2D eigenvalue weighted by molar-refractivity contribution is -0.385. The number of anilines is 1. The molecule has 1 aromatic heterocycles. The fourth-order valence-electron chi connectivity index (χ4n) is 1.38. The summed E-state index contributed by atoms with van der Waals surface area (Å²) in [6.45, 7) is 0. The van der Waals surface area contributed by atoms with E-state index in [9.17, 15) is 10.1 Å². The summed E-state index contributed by atoms with van der Waals surface area (Å²) in [5, 5.41) is 10.9. The molecule has 0 bridgehead atoms. The Balaban J connectivity index is 2.39. The average Bonchev–Trinajstić information content (AvgIpc) is 2.38. The van der Waals surface area contributed by atoms with Gasteiger partial charge in [0.05, 0.1) is 24.4 Å². The van der Waals surface area contributed by atoms with Crippen LogP contribution in [-0.2, 0) is 0 Å². The first-order valence-corrected chi connectivity index (χ1v) is 5.18. The summed E-state index contributed by atoms with van der Waals surface area (Å²) in [6, 6.07) is 4.15. The number of nitro benzene ring substituents is 1. The van der Waals surface area contributed by atoms with Crippen molar-refractivity contribution in [2.75, 3.05) is 12.8 Å². The molecule has 0 saturated carbocycles. The minimum absolute atomic E-state index is 0.00394. The zero-order valence-electron chi connectivity index (χ0n) is 9.94. The second kappa shape index (κ2) is 5.17. The predicted octanol–water partition coefficient (Wildman–Crippen LogP) is 1.77. The molecule has 0 fully saturated rings. The molecule has 1 heterocycles. The molecule has 0 spiro atoms. The second-order valence-electron chi connectivity index (χ2n) is 3.48. The number of nitrogen functional groups attached to an aromatic ring is 1. The van der Waals surface area contributed by atoms with Crippen molar-refractivity contribution >= 4 is 11.5 Å². The van der Waals surface area contributed by atoms with E-state index in [1.807, 2.05) is 0 Å². The van der Waals surface area contributed by atoms with E-state index >= 15 is 0 Å². The number of nitrogens with zero attached hydrogens (tertiary/aromatic N) is 3. The van der Waals surface area contributed by atoms with Crippen LogP contribution < -0.4 is 15.2 Å². The average molecular weight is 262 g/mol. The molecule has 0 aliphatic carbocycles. The summed E-state index contributed by atoms with van der Waals surface area (Å²) in [4.78, 5) is 18.0.